The Balaban J connectivity index is 2.16. The van der Waals surface area contributed by atoms with E-state index in [-0.39, 0.29) is 18.9 Å². The minimum absolute atomic E-state index is 0.00956. The Hall–Kier alpha value is -1.89. The van der Waals surface area contributed by atoms with Crippen molar-refractivity contribution < 1.29 is 14.7 Å². The predicted molar refractivity (Wildman–Crippen MR) is 97.5 cm³/mol. The number of pyridine rings is 1. The second-order valence-electron chi connectivity index (χ2n) is 4.74. The molecule has 0 bridgehead atoms. The van der Waals surface area contributed by atoms with Crippen LogP contribution in [0.5, 0.6) is 0 Å². The first-order valence-electron chi connectivity index (χ1n) is 6.88. The van der Waals surface area contributed by atoms with E-state index in [2.05, 4.69) is 11.1 Å². The Morgan fingerprint density at radius 3 is 2.96 bits per heavy atom. The largest absolute Gasteiger partial charge is 0.481 e. The first kappa shape index (κ1) is 18.4. The number of carboxylic acids is 1. The van der Waals surface area contributed by atoms with E-state index >= 15 is 0 Å². The predicted octanol–water partition coefficient (Wildman–Crippen LogP) is 2.74. The molecule has 0 radical (unpaired) electrons. The van der Waals surface area contributed by atoms with Gasteiger partial charge in [0.25, 0.3) is 5.91 Å². The normalized spacial score (nSPS) is 15.8. The molecular formula is C15H13N3O3S3. The summed E-state index contributed by atoms with van der Waals surface area (Å²) in [6.45, 7) is 0.283. The summed E-state index contributed by atoms with van der Waals surface area (Å²) >= 11 is 7.72. The van der Waals surface area contributed by atoms with Gasteiger partial charge in [0, 0.05) is 13.0 Å². The standard InChI is InChI=1S/C15H13N3O3S3/c1-23-13-9(8-16)4-5-10(17-13)7-11-14(21)18(15(22)24-11)6-2-3-12(19)20/h4-5,7H,2-3,6H2,1H3,(H,19,20). The summed E-state index contributed by atoms with van der Waals surface area (Å²) in [5.41, 5.74) is 1.06. The second-order valence-corrected chi connectivity index (χ2v) is 7.21. The van der Waals surface area contributed by atoms with E-state index in [9.17, 15) is 9.59 Å². The van der Waals surface area contributed by atoms with Gasteiger partial charge in [0.2, 0.25) is 0 Å². The molecular weight excluding hydrogens is 366 g/mol. The van der Waals surface area contributed by atoms with Crippen LogP contribution in [0.15, 0.2) is 22.1 Å². The molecule has 1 aliphatic rings. The summed E-state index contributed by atoms with van der Waals surface area (Å²) in [4.78, 5) is 29.2. The van der Waals surface area contributed by atoms with Crippen molar-refractivity contribution in [2.75, 3.05) is 12.8 Å². The highest BCUT2D eigenvalue weighted by molar-refractivity contribution is 8.26. The molecule has 0 atom stereocenters. The molecule has 2 heterocycles. The summed E-state index contributed by atoms with van der Waals surface area (Å²) in [6.07, 6.45) is 3.80. The summed E-state index contributed by atoms with van der Waals surface area (Å²) in [5.74, 6) is -1.14. The van der Waals surface area contributed by atoms with Crippen molar-refractivity contribution in [1.29, 1.82) is 5.26 Å². The molecule has 1 amide bonds. The number of amides is 1. The van der Waals surface area contributed by atoms with Crippen molar-refractivity contribution in [2.45, 2.75) is 17.9 Å². The second kappa shape index (κ2) is 8.28. The molecule has 0 aromatic carbocycles. The highest BCUT2D eigenvalue weighted by Crippen LogP contribution is 2.32. The van der Waals surface area contributed by atoms with Crippen LogP contribution in [0.2, 0.25) is 0 Å². The lowest BCUT2D eigenvalue weighted by atomic mass is 10.2. The molecule has 9 heteroatoms. The number of aliphatic carboxylic acids is 1. The molecule has 1 aliphatic heterocycles. The van der Waals surface area contributed by atoms with E-state index in [1.54, 1.807) is 18.2 Å². The third kappa shape index (κ3) is 4.35. The summed E-state index contributed by atoms with van der Waals surface area (Å²) in [7, 11) is 0. The van der Waals surface area contributed by atoms with Crippen LogP contribution in [-0.4, -0.2) is 44.0 Å². The van der Waals surface area contributed by atoms with Crippen LogP contribution in [0.3, 0.4) is 0 Å². The van der Waals surface area contributed by atoms with Crippen LogP contribution in [0, 0.1) is 11.3 Å². The number of rotatable bonds is 6. The number of hydrogen-bond acceptors (Lipinski definition) is 7. The van der Waals surface area contributed by atoms with Gasteiger partial charge in [-0.15, -0.1) is 11.8 Å². The van der Waals surface area contributed by atoms with Crippen molar-refractivity contribution in [3.05, 3.63) is 28.3 Å². The zero-order chi connectivity index (χ0) is 17.7. The van der Waals surface area contributed by atoms with Gasteiger partial charge in [-0.05, 0) is 30.9 Å². The average molecular weight is 379 g/mol. The lowest BCUT2D eigenvalue weighted by Crippen LogP contribution is -2.29. The van der Waals surface area contributed by atoms with E-state index < -0.39 is 5.97 Å². The van der Waals surface area contributed by atoms with Crippen molar-refractivity contribution in [2.24, 2.45) is 0 Å². The van der Waals surface area contributed by atoms with Crippen molar-refractivity contribution >= 4 is 58.0 Å². The Kier molecular flexibility index (Phi) is 6.36. The maximum absolute atomic E-state index is 12.4. The highest BCUT2D eigenvalue weighted by Gasteiger charge is 2.31. The van der Waals surface area contributed by atoms with Gasteiger partial charge in [-0.25, -0.2) is 4.98 Å². The molecule has 1 saturated heterocycles. The van der Waals surface area contributed by atoms with Gasteiger partial charge in [-0.1, -0.05) is 24.0 Å². The van der Waals surface area contributed by atoms with E-state index in [0.29, 0.717) is 31.9 Å². The van der Waals surface area contributed by atoms with E-state index in [0.717, 1.165) is 0 Å². The Morgan fingerprint density at radius 2 is 2.33 bits per heavy atom. The number of nitrogens with zero attached hydrogens (tertiary/aromatic N) is 3. The number of carbonyl (C=O) groups excluding carboxylic acids is 1. The SMILES string of the molecule is CSc1nc(C=C2SC(=S)N(CCCC(=O)O)C2=O)ccc1C#N. The molecule has 1 N–H and O–H groups in total. The zero-order valence-electron chi connectivity index (χ0n) is 12.7. The molecule has 6 nitrogen and oxygen atoms in total. The van der Waals surface area contributed by atoms with Crippen molar-refractivity contribution in [3.8, 4) is 6.07 Å². The molecule has 0 saturated carbocycles. The van der Waals surface area contributed by atoms with Gasteiger partial charge in [0.15, 0.2) is 0 Å². The maximum Gasteiger partial charge on any atom is 0.303 e. The number of carboxylic acid groups (broad SMARTS) is 1. The quantitative estimate of drug-likeness (QED) is 0.458. The molecule has 1 aromatic heterocycles. The smallest absolute Gasteiger partial charge is 0.303 e. The first-order chi connectivity index (χ1) is 11.5. The van der Waals surface area contributed by atoms with Gasteiger partial charge in [-0.2, -0.15) is 5.26 Å². The van der Waals surface area contributed by atoms with Crippen LogP contribution in [-0.2, 0) is 9.59 Å². The fourth-order valence-electron chi connectivity index (χ4n) is 1.99. The summed E-state index contributed by atoms with van der Waals surface area (Å²) < 4.78 is 0.412. The molecule has 0 spiro atoms. The van der Waals surface area contributed by atoms with Crippen LogP contribution in [0.25, 0.3) is 6.08 Å². The van der Waals surface area contributed by atoms with Crippen LogP contribution in [0.4, 0.5) is 0 Å². The maximum atomic E-state index is 12.4. The minimum Gasteiger partial charge on any atom is -0.481 e. The fourth-order valence-corrected chi connectivity index (χ4v) is 3.81. The summed E-state index contributed by atoms with van der Waals surface area (Å²) in [5, 5.41) is 18.3. The van der Waals surface area contributed by atoms with Crippen LogP contribution in [0.1, 0.15) is 24.1 Å². The lowest BCUT2D eigenvalue weighted by Gasteiger charge is -2.13. The van der Waals surface area contributed by atoms with E-state index in [4.69, 9.17) is 22.6 Å². The minimum atomic E-state index is -0.901. The monoisotopic (exact) mass is 379 g/mol. The topological polar surface area (TPSA) is 94.3 Å². The van der Waals surface area contributed by atoms with E-state index in [1.165, 1.54) is 28.4 Å². The average Bonchev–Trinajstić information content (AvgIpc) is 2.81. The van der Waals surface area contributed by atoms with Gasteiger partial charge < -0.3 is 5.11 Å². The molecule has 124 valence electrons. The third-order valence-electron chi connectivity index (χ3n) is 3.12. The molecule has 24 heavy (non-hydrogen) atoms. The fraction of sp³-hybridized carbons (Fsp3) is 0.267. The van der Waals surface area contributed by atoms with Crippen LogP contribution < -0.4 is 0 Å². The number of carbonyl (C=O) groups is 2. The summed E-state index contributed by atoms with van der Waals surface area (Å²) in [6, 6.07) is 5.41. The number of thiocarbonyl (C=S) groups is 1. The zero-order valence-corrected chi connectivity index (χ0v) is 15.1. The van der Waals surface area contributed by atoms with Crippen molar-refractivity contribution in [3.63, 3.8) is 0 Å². The Labute approximate surface area is 152 Å². The highest BCUT2D eigenvalue weighted by atomic mass is 32.2. The number of nitriles is 1. The van der Waals surface area contributed by atoms with Gasteiger partial charge >= 0.3 is 5.97 Å². The van der Waals surface area contributed by atoms with Crippen LogP contribution >= 0.6 is 35.7 Å². The molecule has 0 unspecified atom stereocenters. The Bertz CT molecular complexity index is 771. The van der Waals surface area contributed by atoms with E-state index in [1.807, 2.05) is 6.26 Å². The van der Waals surface area contributed by atoms with Gasteiger partial charge in [-0.3, -0.25) is 14.5 Å². The van der Waals surface area contributed by atoms with Gasteiger partial charge in [0.05, 0.1) is 16.2 Å². The number of thioether (sulfide) groups is 2. The number of hydrogen-bond donors (Lipinski definition) is 1. The first-order valence-corrected chi connectivity index (χ1v) is 9.33. The lowest BCUT2D eigenvalue weighted by molar-refractivity contribution is -0.137. The Morgan fingerprint density at radius 1 is 1.58 bits per heavy atom. The van der Waals surface area contributed by atoms with Gasteiger partial charge in [0.1, 0.15) is 15.4 Å². The molecule has 2 rings (SSSR count). The molecule has 1 aromatic rings. The molecule has 0 aliphatic carbocycles. The molecule has 1 fully saturated rings. The number of aromatic nitrogens is 1. The van der Waals surface area contributed by atoms with Crippen molar-refractivity contribution in [1.82, 2.24) is 9.88 Å². The third-order valence-corrected chi connectivity index (χ3v) is 5.20.